The zero-order valence-electron chi connectivity index (χ0n) is 11.3. The third-order valence-electron chi connectivity index (χ3n) is 2.81. The summed E-state index contributed by atoms with van der Waals surface area (Å²) in [6.45, 7) is 4.46. The fourth-order valence-electron chi connectivity index (χ4n) is 1.70. The smallest absolute Gasteiger partial charge is 0.285 e. The first kappa shape index (κ1) is 14.0. The second-order valence-electron chi connectivity index (χ2n) is 4.63. The molecule has 0 bridgehead atoms. The molecule has 0 radical (unpaired) electrons. The van der Waals surface area contributed by atoms with Gasteiger partial charge in [0.25, 0.3) is 11.8 Å². The first-order valence-corrected chi connectivity index (χ1v) is 6.14. The summed E-state index contributed by atoms with van der Waals surface area (Å²) < 4.78 is 5.50. The van der Waals surface area contributed by atoms with Crippen LogP contribution >= 0.6 is 0 Å². The van der Waals surface area contributed by atoms with Crippen molar-refractivity contribution >= 4 is 17.4 Å². The van der Waals surface area contributed by atoms with Crippen molar-refractivity contribution < 1.29 is 19.5 Å². The van der Waals surface area contributed by atoms with Crippen LogP contribution in [0.1, 0.15) is 19.4 Å². The Labute approximate surface area is 116 Å². The van der Waals surface area contributed by atoms with Crippen molar-refractivity contribution in [2.75, 3.05) is 6.61 Å². The van der Waals surface area contributed by atoms with Crippen molar-refractivity contribution in [3.63, 3.8) is 0 Å². The third-order valence-corrected chi connectivity index (χ3v) is 2.81. The fraction of sp³-hybridized carbons (Fsp3) is 0.200. The number of hydrogen-bond acceptors (Lipinski definition) is 4. The van der Waals surface area contributed by atoms with Crippen LogP contribution < -0.4 is 4.74 Å². The number of allylic oxidation sites excluding steroid dienone is 1. The molecule has 0 aliphatic carbocycles. The Balaban J connectivity index is 2.09. The van der Waals surface area contributed by atoms with Gasteiger partial charge in [-0.1, -0.05) is 17.7 Å². The lowest BCUT2D eigenvalue weighted by atomic mass is 10.1. The van der Waals surface area contributed by atoms with Crippen LogP contribution in [0.5, 0.6) is 5.75 Å². The maximum absolute atomic E-state index is 11.6. The minimum Gasteiger partial charge on any atom is -0.490 e. The van der Waals surface area contributed by atoms with Gasteiger partial charge in [0.05, 0.1) is 5.57 Å². The van der Waals surface area contributed by atoms with Crippen LogP contribution in [-0.2, 0) is 9.59 Å². The summed E-state index contributed by atoms with van der Waals surface area (Å²) in [6.07, 6.45) is 3.07. The zero-order chi connectivity index (χ0) is 14.7. The van der Waals surface area contributed by atoms with Crippen molar-refractivity contribution in [1.29, 1.82) is 0 Å². The van der Waals surface area contributed by atoms with Gasteiger partial charge in [0.2, 0.25) is 0 Å². The quantitative estimate of drug-likeness (QED) is 0.518. The fourth-order valence-corrected chi connectivity index (χ4v) is 1.70. The lowest BCUT2D eigenvalue weighted by molar-refractivity contribution is -0.168. The molecule has 1 N–H and O–H groups in total. The Bertz CT molecular complexity index is 595. The Morgan fingerprint density at radius 2 is 1.90 bits per heavy atom. The number of imide groups is 1. The van der Waals surface area contributed by atoms with Gasteiger partial charge in [-0.3, -0.25) is 14.8 Å². The summed E-state index contributed by atoms with van der Waals surface area (Å²) in [5.41, 5.74) is 1.91. The van der Waals surface area contributed by atoms with E-state index in [1.54, 1.807) is 24.3 Å². The average Bonchev–Trinajstić information content (AvgIpc) is 2.67. The molecule has 1 aliphatic heterocycles. The number of amides is 2. The topological polar surface area (TPSA) is 66.8 Å². The van der Waals surface area contributed by atoms with Crippen molar-refractivity contribution in [3.8, 4) is 5.75 Å². The van der Waals surface area contributed by atoms with Crippen molar-refractivity contribution in [2.24, 2.45) is 0 Å². The molecule has 2 rings (SSSR count). The zero-order valence-corrected chi connectivity index (χ0v) is 11.3. The highest BCUT2D eigenvalue weighted by Gasteiger charge is 2.30. The molecule has 5 nitrogen and oxygen atoms in total. The summed E-state index contributed by atoms with van der Waals surface area (Å²) in [4.78, 5) is 22.8. The van der Waals surface area contributed by atoms with E-state index < -0.39 is 11.8 Å². The van der Waals surface area contributed by atoms with E-state index in [0.29, 0.717) is 17.9 Å². The van der Waals surface area contributed by atoms with Crippen LogP contribution in [0.2, 0.25) is 0 Å². The minimum atomic E-state index is -0.728. The molecule has 1 aliphatic rings. The molecule has 104 valence electrons. The van der Waals surface area contributed by atoms with Crippen molar-refractivity contribution in [3.05, 3.63) is 47.6 Å². The number of rotatable bonds is 4. The first-order chi connectivity index (χ1) is 9.49. The van der Waals surface area contributed by atoms with E-state index in [4.69, 9.17) is 4.74 Å². The molecule has 0 atom stereocenters. The molecule has 0 saturated heterocycles. The van der Waals surface area contributed by atoms with Gasteiger partial charge in [0.1, 0.15) is 12.4 Å². The molecule has 0 unspecified atom stereocenters. The highest BCUT2D eigenvalue weighted by atomic mass is 16.5. The monoisotopic (exact) mass is 273 g/mol. The molecule has 0 spiro atoms. The number of carbonyl (C=O) groups is 2. The molecule has 1 heterocycles. The Morgan fingerprint density at radius 1 is 1.25 bits per heavy atom. The summed E-state index contributed by atoms with van der Waals surface area (Å²) >= 11 is 0. The average molecular weight is 273 g/mol. The van der Waals surface area contributed by atoms with Gasteiger partial charge in [0.15, 0.2) is 0 Å². The molecule has 20 heavy (non-hydrogen) atoms. The normalized spacial score (nSPS) is 14.3. The van der Waals surface area contributed by atoms with Gasteiger partial charge >= 0.3 is 0 Å². The van der Waals surface area contributed by atoms with Gasteiger partial charge in [-0.2, -0.15) is 0 Å². The van der Waals surface area contributed by atoms with Crippen molar-refractivity contribution in [2.45, 2.75) is 13.8 Å². The van der Waals surface area contributed by atoms with Gasteiger partial charge in [-0.05, 0) is 37.6 Å². The molecule has 1 aromatic rings. The number of benzene rings is 1. The molecule has 5 heteroatoms. The Hall–Kier alpha value is -2.40. The molecule has 2 amide bonds. The number of ether oxygens (including phenoxy) is 1. The summed E-state index contributed by atoms with van der Waals surface area (Å²) in [5.74, 6) is -0.772. The lowest BCUT2D eigenvalue weighted by Gasteiger charge is -2.07. The number of nitrogens with zero attached hydrogens (tertiary/aromatic N) is 1. The molecular weight excluding hydrogens is 258 g/mol. The van der Waals surface area contributed by atoms with E-state index in [2.05, 4.69) is 0 Å². The summed E-state index contributed by atoms with van der Waals surface area (Å²) in [5, 5.41) is 9.28. The van der Waals surface area contributed by atoms with E-state index in [-0.39, 0.29) is 10.6 Å². The minimum absolute atomic E-state index is 0.106. The standard InChI is InChI=1S/C15H15NO4/c1-10(2)7-8-20-12-5-3-11(4-6-12)13-9-14(17)16(19)15(13)18/h3-7,9,19H,8H2,1-2H3. The predicted octanol–water partition coefficient (Wildman–Crippen LogP) is 2.17. The van der Waals surface area contributed by atoms with E-state index >= 15 is 0 Å². The van der Waals surface area contributed by atoms with Crippen LogP contribution in [0.15, 0.2) is 42.0 Å². The van der Waals surface area contributed by atoms with Crippen LogP contribution in [-0.4, -0.2) is 28.7 Å². The molecular formula is C15H15NO4. The number of hydroxylamine groups is 2. The lowest BCUT2D eigenvalue weighted by Crippen LogP contribution is -2.26. The van der Waals surface area contributed by atoms with Crippen LogP contribution in [0.4, 0.5) is 0 Å². The number of hydrogen-bond donors (Lipinski definition) is 1. The van der Waals surface area contributed by atoms with Gasteiger partial charge < -0.3 is 4.74 Å². The highest BCUT2D eigenvalue weighted by Crippen LogP contribution is 2.24. The second kappa shape index (κ2) is 5.71. The highest BCUT2D eigenvalue weighted by molar-refractivity contribution is 6.32. The Kier molecular flexibility index (Phi) is 4.00. The molecule has 0 fully saturated rings. The van der Waals surface area contributed by atoms with E-state index in [1.165, 1.54) is 5.57 Å². The van der Waals surface area contributed by atoms with Crippen LogP contribution in [0, 0.1) is 0 Å². The predicted molar refractivity (Wildman–Crippen MR) is 73.0 cm³/mol. The summed E-state index contributed by atoms with van der Waals surface area (Å²) in [7, 11) is 0. The Morgan fingerprint density at radius 3 is 2.40 bits per heavy atom. The summed E-state index contributed by atoms with van der Waals surface area (Å²) in [6, 6.07) is 6.78. The van der Waals surface area contributed by atoms with Crippen LogP contribution in [0.25, 0.3) is 5.57 Å². The van der Waals surface area contributed by atoms with Gasteiger partial charge in [-0.25, -0.2) is 0 Å². The van der Waals surface area contributed by atoms with Crippen molar-refractivity contribution in [1.82, 2.24) is 5.06 Å². The largest absolute Gasteiger partial charge is 0.490 e. The maximum atomic E-state index is 11.6. The molecule has 0 aromatic heterocycles. The first-order valence-electron chi connectivity index (χ1n) is 6.14. The van der Waals surface area contributed by atoms with Gasteiger partial charge in [-0.15, -0.1) is 5.06 Å². The second-order valence-corrected chi connectivity index (χ2v) is 4.63. The maximum Gasteiger partial charge on any atom is 0.285 e. The van der Waals surface area contributed by atoms with E-state index in [9.17, 15) is 14.8 Å². The van der Waals surface area contributed by atoms with Crippen LogP contribution in [0.3, 0.4) is 0 Å². The molecule has 1 aromatic carbocycles. The SMILES string of the molecule is CC(C)=CCOc1ccc(C2=CC(=O)N(O)C2=O)cc1. The molecule has 0 saturated carbocycles. The van der Waals surface area contributed by atoms with E-state index in [1.807, 2.05) is 19.9 Å². The number of carbonyl (C=O) groups excluding carboxylic acids is 2. The third kappa shape index (κ3) is 2.95. The van der Waals surface area contributed by atoms with E-state index in [0.717, 1.165) is 6.08 Å². The van der Waals surface area contributed by atoms with Gasteiger partial charge in [0, 0.05) is 6.08 Å².